The van der Waals surface area contributed by atoms with Crippen LogP contribution in [0.1, 0.15) is 52.4 Å². The second-order valence-electron chi connectivity index (χ2n) is 10.3. The second-order valence-corrected chi connectivity index (χ2v) is 10.3. The maximum atomic E-state index is 5.98. The van der Waals surface area contributed by atoms with Gasteiger partial charge in [-0.05, 0) is 61.9 Å². The van der Waals surface area contributed by atoms with Crippen molar-refractivity contribution in [2.45, 2.75) is 65.5 Å². The Kier molecular flexibility index (Phi) is 7.88. The standard InChI is InChI=1S/C20H26N2.C14H14N2/c1-2-3-4-5-6-9-14-22-19-11-8-7-10-17(19)18-15-16(21)12-13-20(18)22;1-2-16-13-6-4-3-5-11(13)12-9-10(15)7-8-14(12)16/h7-8,10-13,15H,2-6,9,14,21H2,1H3;3-9H,2,15H2,1H3. The van der Waals surface area contributed by atoms with Crippen LogP contribution in [-0.4, -0.2) is 9.13 Å². The fraction of sp³-hybridized carbons (Fsp3) is 0.294. The smallest absolute Gasteiger partial charge is 0.0492 e. The molecule has 4 nitrogen and oxygen atoms in total. The molecule has 0 atom stereocenters. The van der Waals surface area contributed by atoms with Gasteiger partial charge in [0.05, 0.1) is 0 Å². The topological polar surface area (TPSA) is 61.9 Å². The lowest BCUT2D eigenvalue weighted by Crippen LogP contribution is -1.97. The summed E-state index contributed by atoms with van der Waals surface area (Å²) in [5.41, 5.74) is 18.7. The molecule has 0 saturated heterocycles. The predicted molar refractivity (Wildman–Crippen MR) is 167 cm³/mol. The molecule has 0 fully saturated rings. The first kappa shape index (κ1) is 25.7. The number of hydrogen-bond donors (Lipinski definition) is 2. The van der Waals surface area contributed by atoms with Crippen molar-refractivity contribution in [3.8, 4) is 0 Å². The molecule has 38 heavy (non-hydrogen) atoms. The van der Waals surface area contributed by atoms with Gasteiger partial charge in [0, 0.05) is 68.1 Å². The van der Waals surface area contributed by atoms with Gasteiger partial charge >= 0.3 is 0 Å². The summed E-state index contributed by atoms with van der Waals surface area (Å²) in [5.74, 6) is 0. The molecule has 2 aromatic heterocycles. The molecule has 0 aliphatic heterocycles. The van der Waals surface area contributed by atoms with E-state index in [2.05, 4.69) is 95.8 Å². The Morgan fingerprint density at radius 1 is 0.500 bits per heavy atom. The highest BCUT2D eigenvalue weighted by molar-refractivity contribution is 6.09. The van der Waals surface area contributed by atoms with Gasteiger partial charge in [0.25, 0.3) is 0 Å². The van der Waals surface area contributed by atoms with E-state index in [0.29, 0.717) is 0 Å². The number of nitrogen functional groups attached to an aromatic ring is 2. The average Bonchev–Trinajstić information content (AvgIpc) is 3.42. The molecule has 196 valence electrons. The lowest BCUT2D eigenvalue weighted by atomic mass is 10.1. The fourth-order valence-corrected chi connectivity index (χ4v) is 5.77. The number of aryl methyl sites for hydroxylation is 2. The predicted octanol–water partition coefficient (Wildman–Crippen LogP) is 9.13. The maximum absolute atomic E-state index is 5.98. The molecule has 4 N–H and O–H groups in total. The van der Waals surface area contributed by atoms with Gasteiger partial charge in [-0.1, -0.05) is 75.4 Å². The van der Waals surface area contributed by atoms with Gasteiger partial charge < -0.3 is 20.6 Å². The van der Waals surface area contributed by atoms with Crippen LogP contribution in [0.25, 0.3) is 43.6 Å². The van der Waals surface area contributed by atoms with E-state index in [1.165, 1.54) is 82.1 Å². The summed E-state index contributed by atoms with van der Waals surface area (Å²) in [6, 6.07) is 29.6. The molecular formula is C34H40N4. The number of hydrogen-bond acceptors (Lipinski definition) is 2. The summed E-state index contributed by atoms with van der Waals surface area (Å²) in [5, 5.41) is 5.13. The minimum Gasteiger partial charge on any atom is -0.399 e. The van der Waals surface area contributed by atoms with Crippen LogP contribution in [0.2, 0.25) is 0 Å². The SMILES string of the molecule is CCCCCCCCn1c2ccccc2c2cc(N)ccc21.CCn1c2ccccc2c2cc(N)ccc21. The zero-order valence-corrected chi connectivity index (χ0v) is 22.8. The van der Waals surface area contributed by atoms with Crippen LogP contribution in [0.3, 0.4) is 0 Å². The molecule has 0 aliphatic rings. The van der Waals surface area contributed by atoms with Crippen LogP contribution in [0.5, 0.6) is 0 Å². The van der Waals surface area contributed by atoms with Gasteiger partial charge in [-0.2, -0.15) is 0 Å². The lowest BCUT2D eigenvalue weighted by Gasteiger charge is -2.07. The van der Waals surface area contributed by atoms with Gasteiger partial charge in [0.2, 0.25) is 0 Å². The Hall–Kier alpha value is -3.92. The molecule has 0 spiro atoms. The van der Waals surface area contributed by atoms with Gasteiger partial charge in [-0.25, -0.2) is 0 Å². The van der Waals surface area contributed by atoms with Crippen molar-refractivity contribution in [1.29, 1.82) is 0 Å². The zero-order chi connectivity index (χ0) is 26.5. The normalized spacial score (nSPS) is 11.4. The number of nitrogens with zero attached hydrogens (tertiary/aromatic N) is 2. The van der Waals surface area contributed by atoms with Gasteiger partial charge in [-0.3, -0.25) is 0 Å². The van der Waals surface area contributed by atoms with E-state index in [1.807, 2.05) is 12.1 Å². The van der Waals surface area contributed by atoms with Crippen molar-refractivity contribution in [3.05, 3.63) is 84.9 Å². The fourth-order valence-electron chi connectivity index (χ4n) is 5.77. The first-order chi connectivity index (χ1) is 18.6. The second kappa shape index (κ2) is 11.6. The average molecular weight is 505 g/mol. The molecule has 6 rings (SSSR count). The third-order valence-electron chi connectivity index (χ3n) is 7.64. The first-order valence-corrected chi connectivity index (χ1v) is 14.1. The van der Waals surface area contributed by atoms with Crippen LogP contribution in [0.15, 0.2) is 84.9 Å². The highest BCUT2D eigenvalue weighted by atomic mass is 15.0. The lowest BCUT2D eigenvalue weighted by molar-refractivity contribution is 0.571. The Morgan fingerprint density at radius 2 is 0.974 bits per heavy atom. The third kappa shape index (κ3) is 5.08. The van der Waals surface area contributed by atoms with E-state index in [-0.39, 0.29) is 0 Å². The number of para-hydroxylation sites is 2. The van der Waals surface area contributed by atoms with Gasteiger partial charge in [-0.15, -0.1) is 0 Å². The molecule has 0 saturated carbocycles. The van der Waals surface area contributed by atoms with Crippen LogP contribution in [-0.2, 0) is 13.1 Å². The van der Waals surface area contributed by atoms with Gasteiger partial charge in [0.15, 0.2) is 0 Å². The summed E-state index contributed by atoms with van der Waals surface area (Å²) >= 11 is 0. The van der Waals surface area contributed by atoms with Crippen LogP contribution >= 0.6 is 0 Å². The number of fused-ring (bicyclic) bond motifs is 6. The van der Waals surface area contributed by atoms with Crippen LogP contribution in [0, 0.1) is 0 Å². The van der Waals surface area contributed by atoms with E-state index < -0.39 is 0 Å². The molecule has 0 bridgehead atoms. The van der Waals surface area contributed by atoms with Crippen molar-refractivity contribution < 1.29 is 0 Å². The molecule has 2 heterocycles. The number of rotatable bonds is 8. The van der Waals surface area contributed by atoms with Crippen LogP contribution in [0.4, 0.5) is 11.4 Å². The molecular weight excluding hydrogens is 464 g/mol. The Labute approximate surface area is 225 Å². The number of anilines is 2. The highest BCUT2D eigenvalue weighted by Crippen LogP contribution is 2.31. The van der Waals surface area contributed by atoms with Crippen molar-refractivity contribution in [2.24, 2.45) is 0 Å². The Bertz CT molecular complexity index is 1670. The molecule has 4 aromatic carbocycles. The van der Waals surface area contributed by atoms with Crippen molar-refractivity contribution in [1.82, 2.24) is 9.13 Å². The van der Waals surface area contributed by atoms with Crippen molar-refractivity contribution >= 4 is 55.0 Å². The molecule has 4 heteroatoms. The van der Waals surface area contributed by atoms with E-state index in [0.717, 1.165) is 24.5 Å². The first-order valence-electron chi connectivity index (χ1n) is 14.1. The summed E-state index contributed by atoms with van der Waals surface area (Å²) in [4.78, 5) is 0. The van der Waals surface area contributed by atoms with E-state index >= 15 is 0 Å². The van der Waals surface area contributed by atoms with Crippen LogP contribution < -0.4 is 11.5 Å². The summed E-state index contributed by atoms with van der Waals surface area (Å²) < 4.78 is 4.79. The number of benzene rings is 4. The quantitative estimate of drug-likeness (QED) is 0.160. The molecule has 0 unspecified atom stereocenters. The zero-order valence-electron chi connectivity index (χ0n) is 22.8. The minimum absolute atomic E-state index is 0.825. The number of unbranched alkanes of at least 4 members (excludes halogenated alkanes) is 5. The summed E-state index contributed by atoms with van der Waals surface area (Å²) in [7, 11) is 0. The summed E-state index contributed by atoms with van der Waals surface area (Å²) in [6.07, 6.45) is 7.99. The largest absolute Gasteiger partial charge is 0.399 e. The molecule has 0 radical (unpaired) electrons. The summed E-state index contributed by atoms with van der Waals surface area (Å²) in [6.45, 7) is 6.51. The van der Waals surface area contributed by atoms with E-state index in [1.54, 1.807) is 0 Å². The maximum Gasteiger partial charge on any atom is 0.0492 e. The molecule has 6 aromatic rings. The van der Waals surface area contributed by atoms with E-state index in [9.17, 15) is 0 Å². The van der Waals surface area contributed by atoms with E-state index in [4.69, 9.17) is 11.5 Å². The Morgan fingerprint density at radius 3 is 1.55 bits per heavy atom. The van der Waals surface area contributed by atoms with Crippen molar-refractivity contribution in [3.63, 3.8) is 0 Å². The highest BCUT2D eigenvalue weighted by Gasteiger charge is 2.10. The minimum atomic E-state index is 0.825. The monoisotopic (exact) mass is 504 g/mol. The number of nitrogens with two attached hydrogens (primary N) is 2. The van der Waals surface area contributed by atoms with Gasteiger partial charge in [0.1, 0.15) is 0 Å². The Balaban J connectivity index is 0.000000162. The van der Waals surface area contributed by atoms with Crippen molar-refractivity contribution in [2.75, 3.05) is 11.5 Å². The third-order valence-corrected chi connectivity index (χ3v) is 7.64. The molecule has 0 amide bonds. The number of aromatic nitrogens is 2. The molecule has 0 aliphatic carbocycles.